The van der Waals surface area contributed by atoms with Gasteiger partial charge in [0.1, 0.15) is 0 Å². The van der Waals surface area contributed by atoms with Crippen molar-refractivity contribution in [1.29, 1.82) is 0 Å². The maximum absolute atomic E-state index is 6.01. The lowest BCUT2D eigenvalue weighted by Crippen LogP contribution is -2.42. The molecule has 96 valence electrons. The van der Waals surface area contributed by atoms with Crippen molar-refractivity contribution in [2.75, 3.05) is 13.1 Å². The Kier molecular flexibility index (Phi) is 5.44. The van der Waals surface area contributed by atoms with Crippen LogP contribution in [0.25, 0.3) is 0 Å². The molecule has 0 saturated carbocycles. The van der Waals surface area contributed by atoms with E-state index in [2.05, 4.69) is 36.9 Å². The second-order valence-corrected chi connectivity index (χ2v) is 5.07. The summed E-state index contributed by atoms with van der Waals surface area (Å²) in [6, 6.07) is 7.07. The highest BCUT2D eigenvalue weighted by atomic mass is 35.5. The molecule has 2 nitrogen and oxygen atoms in total. The average molecular weight is 255 g/mol. The summed E-state index contributed by atoms with van der Waals surface area (Å²) in [5, 5.41) is 0. The van der Waals surface area contributed by atoms with Gasteiger partial charge in [-0.1, -0.05) is 23.8 Å². The van der Waals surface area contributed by atoms with Gasteiger partial charge in [-0.3, -0.25) is 4.90 Å². The number of piperidine rings is 1. The maximum atomic E-state index is 6.01. The smallest absolute Gasteiger partial charge is 0.0237 e. The van der Waals surface area contributed by atoms with Gasteiger partial charge in [-0.25, -0.2) is 0 Å². The van der Waals surface area contributed by atoms with Crippen LogP contribution in [0.1, 0.15) is 29.5 Å². The monoisotopic (exact) mass is 254 g/mol. The molecule has 1 aliphatic heterocycles. The molecule has 1 saturated heterocycles. The quantitative estimate of drug-likeness (QED) is 0.879. The minimum absolute atomic E-state index is 0. The van der Waals surface area contributed by atoms with Crippen molar-refractivity contribution in [1.82, 2.24) is 4.90 Å². The number of halogens is 1. The van der Waals surface area contributed by atoms with E-state index in [-0.39, 0.29) is 12.4 Å². The van der Waals surface area contributed by atoms with Crippen LogP contribution in [0.15, 0.2) is 18.2 Å². The minimum atomic E-state index is 0. The summed E-state index contributed by atoms with van der Waals surface area (Å²) in [6.45, 7) is 7.65. The number of nitrogens with two attached hydrogens (primary N) is 1. The maximum Gasteiger partial charge on any atom is 0.0237 e. The second-order valence-electron chi connectivity index (χ2n) is 5.07. The lowest BCUT2D eigenvalue weighted by molar-refractivity contribution is 0.201. The number of aryl methyl sites for hydroxylation is 2. The number of benzene rings is 1. The first-order valence-electron chi connectivity index (χ1n) is 6.19. The molecule has 17 heavy (non-hydrogen) atoms. The van der Waals surface area contributed by atoms with Crippen LogP contribution < -0.4 is 5.73 Å². The van der Waals surface area contributed by atoms with E-state index in [1.165, 1.54) is 36.1 Å². The average Bonchev–Trinajstić information content (AvgIpc) is 2.24. The molecule has 0 spiro atoms. The van der Waals surface area contributed by atoms with E-state index in [1.807, 2.05) is 0 Å². The van der Waals surface area contributed by atoms with E-state index < -0.39 is 0 Å². The summed E-state index contributed by atoms with van der Waals surface area (Å²) in [4.78, 5) is 2.48. The van der Waals surface area contributed by atoms with Crippen LogP contribution in [0.4, 0.5) is 0 Å². The number of likely N-dealkylation sites (tertiary alicyclic amines) is 1. The van der Waals surface area contributed by atoms with Crippen LogP contribution in [0, 0.1) is 13.8 Å². The molecular formula is C14H23ClN2. The highest BCUT2D eigenvalue weighted by Crippen LogP contribution is 2.16. The summed E-state index contributed by atoms with van der Waals surface area (Å²) in [6.07, 6.45) is 2.43. The molecule has 1 aliphatic rings. The van der Waals surface area contributed by atoms with Crippen molar-refractivity contribution in [3.05, 3.63) is 34.9 Å². The molecule has 1 aromatic rings. The van der Waals surface area contributed by atoms with Gasteiger partial charge in [-0.05, 0) is 44.4 Å². The van der Waals surface area contributed by atoms with Crippen LogP contribution in [-0.4, -0.2) is 24.0 Å². The van der Waals surface area contributed by atoms with Gasteiger partial charge in [0.25, 0.3) is 0 Å². The molecule has 0 radical (unpaired) electrons. The third-order valence-electron chi connectivity index (χ3n) is 3.44. The zero-order valence-electron chi connectivity index (χ0n) is 10.8. The van der Waals surface area contributed by atoms with Gasteiger partial charge in [0, 0.05) is 19.1 Å². The summed E-state index contributed by atoms with van der Waals surface area (Å²) in [7, 11) is 0. The fraction of sp³-hybridized carbons (Fsp3) is 0.571. The molecule has 1 heterocycles. The number of rotatable bonds is 2. The third-order valence-corrected chi connectivity index (χ3v) is 3.44. The van der Waals surface area contributed by atoms with Crippen molar-refractivity contribution in [2.24, 2.45) is 5.73 Å². The Balaban J connectivity index is 0.00000144. The highest BCUT2D eigenvalue weighted by Gasteiger charge is 2.16. The number of hydrogen-bond donors (Lipinski definition) is 1. The molecule has 1 fully saturated rings. The Morgan fingerprint density at radius 2 is 2.12 bits per heavy atom. The van der Waals surface area contributed by atoms with Crippen LogP contribution in [0.3, 0.4) is 0 Å². The minimum Gasteiger partial charge on any atom is -0.327 e. The van der Waals surface area contributed by atoms with E-state index in [4.69, 9.17) is 5.73 Å². The summed E-state index contributed by atoms with van der Waals surface area (Å²) in [5.74, 6) is 0. The molecule has 0 aromatic heterocycles. The first kappa shape index (κ1) is 14.5. The van der Waals surface area contributed by atoms with E-state index in [0.29, 0.717) is 6.04 Å². The predicted octanol–water partition coefficient (Wildman–Crippen LogP) is 2.65. The van der Waals surface area contributed by atoms with E-state index >= 15 is 0 Å². The first-order chi connectivity index (χ1) is 7.65. The summed E-state index contributed by atoms with van der Waals surface area (Å²) in [5.41, 5.74) is 10.2. The van der Waals surface area contributed by atoms with Gasteiger partial charge in [0.2, 0.25) is 0 Å². The van der Waals surface area contributed by atoms with Gasteiger partial charge >= 0.3 is 0 Å². The molecule has 0 amide bonds. The predicted molar refractivity (Wildman–Crippen MR) is 75.7 cm³/mol. The van der Waals surface area contributed by atoms with Gasteiger partial charge < -0.3 is 5.73 Å². The Morgan fingerprint density at radius 1 is 1.35 bits per heavy atom. The normalized spacial score (nSPS) is 21.0. The number of hydrogen-bond acceptors (Lipinski definition) is 2. The molecule has 3 heteroatoms. The summed E-state index contributed by atoms with van der Waals surface area (Å²) >= 11 is 0. The Bertz CT molecular complexity index is 365. The Labute approximate surface area is 111 Å². The van der Waals surface area contributed by atoms with E-state index in [9.17, 15) is 0 Å². The Morgan fingerprint density at radius 3 is 2.82 bits per heavy atom. The zero-order valence-corrected chi connectivity index (χ0v) is 11.6. The molecule has 0 aliphatic carbocycles. The van der Waals surface area contributed by atoms with Crippen molar-refractivity contribution < 1.29 is 0 Å². The van der Waals surface area contributed by atoms with E-state index in [0.717, 1.165) is 13.1 Å². The third kappa shape index (κ3) is 3.98. The molecule has 1 atom stereocenters. The van der Waals surface area contributed by atoms with Crippen LogP contribution in [-0.2, 0) is 6.54 Å². The summed E-state index contributed by atoms with van der Waals surface area (Å²) < 4.78 is 0. The fourth-order valence-corrected chi connectivity index (χ4v) is 2.45. The SMILES string of the molecule is Cc1ccc(C)c(CN2CCCC(N)C2)c1.Cl. The van der Waals surface area contributed by atoms with Crippen molar-refractivity contribution in [3.8, 4) is 0 Å². The van der Waals surface area contributed by atoms with Crippen molar-refractivity contribution in [3.63, 3.8) is 0 Å². The van der Waals surface area contributed by atoms with Crippen LogP contribution in [0.2, 0.25) is 0 Å². The van der Waals surface area contributed by atoms with Crippen molar-refractivity contribution in [2.45, 2.75) is 39.3 Å². The first-order valence-corrected chi connectivity index (χ1v) is 6.19. The molecule has 2 N–H and O–H groups in total. The second kappa shape index (κ2) is 6.39. The van der Waals surface area contributed by atoms with Gasteiger partial charge in [-0.15, -0.1) is 12.4 Å². The lowest BCUT2D eigenvalue weighted by Gasteiger charge is -2.31. The molecule has 2 rings (SSSR count). The van der Waals surface area contributed by atoms with Crippen molar-refractivity contribution >= 4 is 12.4 Å². The van der Waals surface area contributed by atoms with Gasteiger partial charge in [-0.2, -0.15) is 0 Å². The largest absolute Gasteiger partial charge is 0.327 e. The lowest BCUT2D eigenvalue weighted by atomic mass is 10.0. The zero-order chi connectivity index (χ0) is 11.5. The van der Waals surface area contributed by atoms with Gasteiger partial charge in [0.15, 0.2) is 0 Å². The van der Waals surface area contributed by atoms with E-state index in [1.54, 1.807) is 0 Å². The topological polar surface area (TPSA) is 29.3 Å². The van der Waals surface area contributed by atoms with Gasteiger partial charge in [0.05, 0.1) is 0 Å². The van der Waals surface area contributed by atoms with Crippen LogP contribution in [0.5, 0.6) is 0 Å². The Hall–Kier alpha value is -0.570. The van der Waals surface area contributed by atoms with Crippen LogP contribution >= 0.6 is 12.4 Å². The molecular weight excluding hydrogens is 232 g/mol. The number of nitrogens with zero attached hydrogens (tertiary/aromatic N) is 1. The highest BCUT2D eigenvalue weighted by molar-refractivity contribution is 5.85. The molecule has 1 aromatic carbocycles. The fourth-order valence-electron chi connectivity index (χ4n) is 2.45. The standard InChI is InChI=1S/C14H22N2.ClH/c1-11-5-6-12(2)13(8-11)9-16-7-3-4-14(15)10-16;/h5-6,8,14H,3-4,7,9-10,15H2,1-2H3;1H. The molecule has 1 unspecified atom stereocenters. The molecule has 0 bridgehead atoms.